The minimum absolute atomic E-state index is 0.0961. The molecule has 0 spiro atoms. The number of anilines is 1. The van der Waals surface area contributed by atoms with E-state index in [1.165, 1.54) is 11.0 Å². The monoisotopic (exact) mass is 266 g/mol. The Morgan fingerprint density at radius 2 is 2.39 bits per heavy atom. The van der Waals surface area contributed by atoms with Crippen LogP contribution in [0.4, 0.5) is 5.95 Å². The maximum absolute atomic E-state index is 11.7. The second-order valence-electron chi connectivity index (χ2n) is 3.90. The Morgan fingerprint density at radius 3 is 2.94 bits per heavy atom. The van der Waals surface area contributed by atoms with Crippen LogP contribution in [0, 0.1) is 6.92 Å². The molecule has 1 amide bonds. The Hall–Kier alpha value is -1.96. The molecule has 2 rings (SSSR count). The van der Waals surface area contributed by atoms with Crippen LogP contribution in [0.5, 0.6) is 0 Å². The van der Waals surface area contributed by atoms with Gasteiger partial charge in [-0.2, -0.15) is 0 Å². The summed E-state index contributed by atoms with van der Waals surface area (Å²) < 4.78 is 1.39. The van der Waals surface area contributed by atoms with E-state index in [2.05, 4.69) is 20.4 Å². The third-order valence-corrected chi connectivity index (χ3v) is 3.34. The van der Waals surface area contributed by atoms with Gasteiger partial charge in [-0.15, -0.1) is 16.4 Å². The normalized spacial score (nSPS) is 12.3. The third kappa shape index (κ3) is 3.04. The number of amides is 1. The van der Waals surface area contributed by atoms with E-state index in [1.54, 1.807) is 17.5 Å². The first-order valence-electron chi connectivity index (χ1n) is 5.41. The molecule has 0 radical (unpaired) electrons. The highest BCUT2D eigenvalue weighted by molar-refractivity contribution is 7.11. The van der Waals surface area contributed by atoms with Gasteiger partial charge in [0.1, 0.15) is 17.9 Å². The molecule has 0 fully saturated rings. The van der Waals surface area contributed by atoms with Crippen molar-refractivity contribution in [2.75, 3.05) is 5.73 Å². The van der Waals surface area contributed by atoms with Gasteiger partial charge in [-0.3, -0.25) is 4.79 Å². The van der Waals surface area contributed by atoms with E-state index >= 15 is 0 Å². The van der Waals surface area contributed by atoms with E-state index in [4.69, 9.17) is 5.73 Å². The average molecular weight is 266 g/mol. The van der Waals surface area contributed by atoms with E-state index in [1.807, 2.05) is 13.8 Å². The van der Waals surface area contributed by atoms with Crippen LogP contribution in [0.15, 0.2) is 12.5 Å². The Bertz CT molecular complexity index is 548. The Morgan fingerprint density at radius 1 is 1.61 bits per heavy atom. The van der Waals surface area contributed by atoms with Crippen LogP contribution in [0.1, 0.15) is 22.9 Å². The first-order chi connectivity index (χ1) is 8.54. The highest BCUT2D eigenvalue weighted by Gasteiger charge is 2.13. The van der Waals surface area contributed by atoms with Gasteiger partial charge in [0.2, 0.25) is 11.9 Å². The van der Waals surface area contributed by atoms with Crippen LogP contribution in [0.2, 0.25) is 0 Å². The molecule has 96 valence electrons. The van der Waals surface area contributed by atoms with Gasteiger partial charge >= 0.3 is 0 Å². The van der Waals surface area contributed by atoms with Crippen molar-refractivity contribution < 1.29 is 4.79 Å². The molecule has 0 saturated carbocycles. The van der Waals surface area contributed by atoms with Gasteiger partial charge in [0.05, 0.1) is 6.04 Å². The molecule has 0 aromatic carbocycles. The lowest BCUT2D eigenvalue weighted by Gasteiger charge is -2.10. The zero-order chi connectivity index (χ0) is 13.1. The molecular weight excluding hydrogens is 252 g/mol. The lowest BCUT2D eigenvalue weighted by atomic mass is 10.3. The summed E-state index contributed by atoms with van der Waals surface area (Å²) in [6, 6.07) is -0.114. The number of aromatic nitrogens is 4. The summed E-state index contributed by atoms with van der Waals surface area (Å²) in [7, 11) is 0. The van der Waals surface area contributed by atoms with Crippen LogP contribution in [-0.4, -0.2) is 25.7 Å². The molecule has 2 aromatic heterocycles. The molecule has 0 saturated heterocycles. The summed E-state index contributed by atoms with van der Waals surface area (Å²) in [4.78, 5) is 20.8. The minimum Gasteiger partial charge on any atom is -0.367 e. The largest absolute Gasteiger partial charge is 0.367 e. The summed E-state index contributed by atoms with van der Waals surface area (Å²) in [6.45, 7) is 3.97. The van der Waals surface area contributed by atoms with Gasteiger partial charge in [0.25, 0.3) is 0 Å². The van der Waals surface area contributed by atoms with Crippen molar-refractivity contribution in [3.05, 3.63) is 22.4 Å². The second-order valence-corrected chi connectivity index (χ2v) is 5.17. The molecule has 0 aliphatic heterocycles. The molecule has 0 aliphatic carbocycles. The highest BCUT2D eigenvalue weighted by atomic mass is 32.1. The summed E-state index contributed by atoms with van der Waals surface area (Å²) in [5.41, 5.74) is 5.37. The zero-order valence-corrected chi connectivity index (χ0v) is 10.9. The van der Waals surface area contributed by atoms with Gasteiger partial charge in [-0.05, 0) is 13.8 Å². The van der Waals surface area contributed by atoms with Crippen molar-refractivity contribution in [3.8, 4) is 0 Å². The van der Waals surface area contributed by atoms with Crippen LogP contribution < -0.4 is 11.1 Å². The summed E-state index contributed by atoms with van der Waals surface area (Å²) >= 11 is 1.57. The summed E-state index contributed by atoms with van der Waals surface area (Å²) in [5, 5.41) is 7.58. The Kier molecular flexibility index (Phi) is 3.56. The van der Waals surface area contributed by atoms with E-state index in [0.717, 1.165) is 9.88 Å². The molecule has 1 atom stereocenters. The third-order valence-electron chi connectivity index (χ3n) is 2.25. The first kappa shape index (κ1) is 12.5. The topological polar surface area (TPSA) is 98.7 Å². The van der Waals surface area contributed by atoms with Gasteiger partial charge in [-0.1, -0.05) is 0 Å². The Balaban J connectivity index is 1.91. The number of nitrogens with zero attached hydrogens (tertiary/aromatic N) is 4. The van der Waals surface area contributed by atoms with E-state index < -0.39 is 0 Å². The van der Waals surface area contributed by atoms with Gasteiger partial charge in [-0.25, -0.2) is 14.6 Å². The fourth-order valence-corrected chi connectivity index (χ4v) is 2.23. The van der Waals surface area contributed by atoms with Gasteiger partial charge in [0, 0.05) is 11.1 Å². The number of thiazole rings is 1. The van der Waals surface area contributed by atoms with Crippen molar-refractivity contribution >= 4 is 23.2 Å². The molecule has 2 aromatic rings. The molecule has 2 heterocycles. The molecule has 0 bridgehead atoms. The van der Waals surface area contributed by atoms with Crippen molar-refractivity contribution in [2.24, 2.45) is 0 Å². The average Bonchev–Trinajstić information content (AvgIpc) is 2.87. The fraction of sp³-hybridized carbons (Fsp3) is 0.400. The SMILES string of the molecule is Cc1cnc(C(C)NC(=O)Cn2cnc(N)n2)s1. The maximum atomic E-state index is 11.7. The lowest BCUT2D eigenvalue weighted by Crippen LogP contribution is -2.30. The summed E-state index contributed by atoms with van der Waals surface area (Å²) in [5.74, 6) is 0.00616. The summed E-state index contributed by atoms with van der Waals surface area (Å²) in [6.07, 6.45) is 3.22. The van der Waals surface area contributed by atoms with Crippen molar-refractivity contribution in [1.82, 2.24) is 25.1 Å². The molecule has 18 heavy (non-hydrogen) atoms. The van der Waals surface area contributed by atoms with Crippen LogP contribution in [-0.2, 0) is 11.3 Å². The van der Waals surface area contributed by atoms with Crippen molar-refractivity contribution in [3.63, 3.8) is 0 Å². The molecule has 1 unspecified atom stereocenters. The number of nitrogen functional groups attached to an aromatic ring is 1. The lowest BCUT2D eigenvalue weighted by molar-refractivity contribution is -0.122. The quantitative estimate of drug-likeness (QED) is 0.839. The molecule has 7 nitrogen and oxygen atoms in total. The number of rotatable bonds is 4. The van der Waals surface area contributed by atoms with Crippen molar-refractivity contribution in [2.45, 2.75) is 26.4 Å². The predicted octanol–water partition coefficient (Wildman–Crippen LogP) is 0.503. The molecule has 8 heteroatoms. The van der Waals surface area contributed by atoms with E-state index in [0.29, 0.717) is 0 Å². The van der Waals surface area contributed by atoms with Gasteiger partial charge < -0.3 is 11.1 Å². The van der Waals surface area contributed by atoms with Crippen LogP contribution in [0.3, 0.4) is 0 Å². The number of nitrogens with one attached hydrogen (secondary N) is 1. The molecular formula is C10H14N6OS. The minimum atomic E-state index is -0.153. The fourth-order valence-electron chi connectivity index (χ4n) is 1.45. The number of hydrogen-bond donors (Lipinski definition) is 2. The number of carbonyl (C=O) groups excluding carboxylic acids is 1. The van der Waals surface area contributed by atoms with E-state index in [9.17, 15) is 4.79 Å². The standard InChI is InChI=1S/C10H14N6OS/c1-6-3-12-9(18-6)7(2)14-8(17)4-16-5-13-10(11)15-16/h3,5,7H,4H2,1-2H3,(H2,11,15)(H,14,17). The Labute approximate surface area is 108 Å². The molecule has 0 aliphatic rings. The predicted molar refractivity (Wildman–Crippen MR) is 67.8 cm³/mol. The number of nitrogens with two attached hydrogens (primary N) is 1. The number of aryl methyl sites for hydroxylation is 1. The first-order valence-corrected chi connectivity index (χ1v) is 6.23. The zero-order valence-electron chi connectivity index (χ0n) is 10.1. The van der Waals surface area contributed by atoms with Crippen LogP contribution >= 0.6 is 11.3 Å². The van der Waals surface area contributed by atoms with E-state index in [-0.39, 0.29) is 24.4 Å². The van der Waals surface area contributed by atoms with Gasteiger partial charge in [0.15, 0.2) is 0 Å². The van der Waals surface area contributed by atoms with Crippen LogP contribution in [0.25, 0.3) is 0 Å². The number of hydrogen-bond acceptors (Lipinski definition) is 6. The van der Waals surface area contributed by atoms with Crippen molar-refractivity contribution in [1.29, 1.82) is 0 Å². The smallest absolute Gasteiger partial charge is 0.242 e. The second kappa shape index (κ2) is 5.13. The maximum Gasteiger partial charge on any atom is 0.242 e. The molecule has 3 N–H and O–H groups in total. The highest BCUT2D eigenvalue weighted by Crippen LogP contribution is 2.18. The number of carbonyl (C=O) groups is 1.